The lowest BCUT2D eigenvalue weighted by atomic mass is 10.1. The molecule has 1 saturated heterocycles. The van der Waals surface area contributed by atoms with Crippen molar-refractivity contribution in [3.8, 4) is 0 Å². The van der Waals surface area contributed by atoms with E-state index in [-0.39, 0.29) is 0 Å². The molecule has 0 aliphatic carbocycles. The molecule has 3 nitrogen and oxygen atoms in total. The zero-order chi connectivity index (χ0) is 12.1. The fourth-order valence-electron chi connectivity index (χ4n) is 2.39. The molecule has 2 heterocycles. The lowest BCUT2D eigenvalue weighted by molar-refractivity contribution is 0.319. The van der Waals surface area contributed by atoms with Gasteiger partial charge in [0, 0.05) is 38.1 Å². The number of hydrogen-bond donors (Lipinski definition) is 1. The van der Waals surface area contributed by atoms with Crippen molar-refractivity contribution in [1.82, 2.24) is 15.2 Å². The van der Waals surface area contributed by atoms with E-state index >= 15 is 0 Å². The third kappa shape index (κ3) is 3.51. The number of pyridine rings is 1. The Morgan fingerprint density at radius 2 is 2.41 bits per heavy atom. The number of rotatable bonds is 5. The van der Waals surface area contributed by atoms with Crippen LogP contribution in [-0.2, 0) is 6.54 Å². The van der Waals surface area contributed by atoms with Crippen molar-refractivity contribution < 1.29 is 0 Å². The van der Waals surface area contributed by atoms with Gasteiger partial charge in [-0.05, 0) is 43.5 Å². The maximum Gasteiger partial charge on any atom is 0.0315 e. The Kier molecular flexibility index (Phi) is 4.51. The molecule has 2 rings (SSSR count). The molecule has 1 aliphatic rings. The lowest BCUT2D eigenvalue weighted by Crippen LogP contribution is -2.32. The van der Waals surface area contributed by atoms with Gasteiger partial charge in [-0.3, -0.25) is 9.88 Å². The predicted octanol–water partition coefficient (Wildman–Crippen LogP) is 1.96. The highest BCUT2D eigenvalue weighted by molar-refractivity contribution is 5.21. The zero-order valence-corrected chi connectivity index (χ0v) is 10.9. The highest BCUT2D eigenvalue weighted by atomic mass is 15.2. The summed E-state index contributed by atoms with van der Waals surface area (Å²) in [6.45, 7) is 8.96. The van der Waals surface area contributed by atoms with Crippen LogP contribution in [0.3, 0.4) is 0 Å². The van der Waals surface area contributed by atoms with E-state index in [1.54, 1.807) is 0 Å². The van der Waals surface area contributed by atoms with Crippen LogP contribution in [0.4, 0.5) is 0 Å². The quantitative estimate of drug-likeness (QED) is 0.842. The lowest BCUT2D eigenvalue weighted by Gasteiger charge is -2.17. The minimum absolute atomic E-state index is 0.687. The standard InChI is InChI=1S/C14H23N3/c1-3-6-16-14-5-8-17(11-14)10-13-9-15-7-4-12(13)2/h4,7,9,14,16H,3,5-6,8,10-11H2,1-2H3. The molecule has 3 heteroatoms. The molecule has 0 amide bonds. The summed E-state index contributed by atoms with van der Waals surface area (Å²) >= 11 is 0. The molecule has 1 fully saturated rings. The van der Waals surface area contributed by atoms with Crippen LogP contribution >= 0.6 is 0 Å². The van der Waals surface area contributed by atoms with Crippen molar-refractivity contribution in [3.05, 3.63) is 29.6 Å². The van der Waals surface area contributed by atoms with Crippen LogP contribution in [0, 0.1) is 6.92 Å². The minimum atomic E-state index is 0.687. The third-order valence-electron chi connectivity index (χ3n) is 3.50. The van der Waals surface area contributed by atoms with Gasteiger partial charge in [0.15, 0.2) is 0 Å². The van der Waals surface area contributed by atoms with Crippen molar-refractivity contribution in [2.24, 2.45) is 0 Å². The van der Waals surface area contributed by atoms with E-state index in [4.69, 9.17) is 0 Å². The number of aromatic nitrogens is 1. The monoisotopic (exact) mass is 233 g/mol. The van der Waals surface area contributed by atoms with Gasteiger partial charge >= 0.3 is 0 Å². The second-order valence-corrected chi connectivity index (χ2v) is 4.98. The van der Waals surface area contributed by atoms with Gasteiger partial charge in [-0.2, -0.15) is 0 Å². The smallest absolute Gasteiger partial charge is 0.0315 e. The van der Waals surface area contributed by atoms with Gasteiger partial charge in [-0.1, -0.05) is 6.92 Å². The molecule has 1 aliphatic heterocycles. The molecular weight excluding hydrogens is 210 g/mol. The number of likely N-dealkylation sites (tertiary alicyclic amines) is 1. The first kappa shape index (κ1) is 12.5. The maximum atomic E-state index is 4.21. The average molecular weight is 233 g/mol. The van der Waals surface area contributed by atoms with Crippen LogP contribution in [0.15, 0.2) is 18.5 Å². The van der Waals surface area contributed by atoms with Crippen LogP contribution in [0.25, 0.3) is 0 Å². The van der Waals surface area contributed by atoms with Crippen LogP contribution in [0.1, 0.15) is 30.9 Å². The summed E-state index contributed by atoms with van der Waals surface area (Å²) in [5.41, 5.74) is 2.72. The Morgan fingerprint density at radius 1 is 1.53 bits per heavy atom. The van der Waals surface area contributed by atoms with Crippen LogP contribution in [0.2, 0.25) is 0 Å². The highest BCUT2D eigenvalue weighted by Crippen LogP contribution is 2.15. The van der Waals surface area contributed by atoms with Crippen LogP contribution in [0.5, 0.6) is 0 Å². The van der Waals surface area contributed by atoms with E-state index in [9.17, 15) is 0 Å². The highest BCUT2D eigenvalue weighted by Gasteiger charge is 2.21. The van der Waals surface area contributed by atoms with Gasteiger partial charge in [-0.25, -0.2) is 0 Å². The van der Waals surface area contributed by atoms with Crippen molar-refractivity contribution in [2.45, 2.75) is 39.3 Å². The van der Waals surface area contributed by atoms with Gasteiger partial charge in [0.1, 0.15) is 0 Å². The Bertz CT molecular complexity index is 351. The van der Waals surface area contributed by atoms with Gasteiger partial charge in [0.05, 0.1) is 0 Å². The Balaban J connectivity index is 1.83. The first-order valence-corrected chi connectivity index (χ1v) is 6.65. The summed E-state index contributed by atoms with van der Waals surface area (Å²) in [6, 6.07) is 2.78. The fourth-order valence-corrected chi connectivity index (χ4v) is 2.39. The molecule has 1 aromatic rings. The van der Waals surface area contributed by atoms with Crippen molar-refractivity contribution in [1.29, 1.82) is 0 Å². The Hall–Kier alpha value is -0.930. The molecule has 0 aromatic carbocycles. The zero-order valence-electron chi connectivity index (χ0n) is 10.9. The molecule has 1 aromatic heterocycles. The summed E-state index contributed by atoms with van der Waals surface area (Å²) in [5, 5.41) is 3.60. The molecule has 17 heavy (non-hydrogen) atoms. The summed E-state index contributed by atoms with van der Waals surface area (Å²) in [6.07, 6.45) is 6.37. The molecule has 0 spiro atoms. The molecule has 1 N–H and O–H groups in total. The van der Waals surface area contributed by atoms with Crippen LogP contribution in [-0.4, -0.2) is 35.6 Å². The Morgan fingerprint density at radius 3 is 3.18 bits per heavy atom. The van der Waals surface area contributed by atoms with E-state index in [2.05, 4.69) is 35.1 Å². The topological polar surface area (TPSA) is 28.2 Å². The summed E-state index contributed by atoms with van der Waals surface area (Å²) in [4.78, 5) is 6.74. The second kappa shape index (κ2) is 6.12. The minimum Gasteiger partial charge on any atom is -0.313 e. The van der Waals surface area contributed by atoms with Crippen LogP contribution < -0.4 is 5.32 Å². The SMILES string of the molecule is CCCNC1CCN(Cc2cnccc2C)C1. The second-order valence-electron chi connectivity index (χ2n) is 4.98. The van der Waals surface area contributed by atoms with Crippen molar-refractivity contribution >= 4 is 0 Å². The van der Waals surface area contributed by atoms with E-state index in [1.807, 2.05) is 12.4 Å². The third-order valence-corrected chi connectivity index (χ3v) is 3.50. The number of nitrogens with zero attached hydrogens (tertiary/aromatic N) is 2. The number of aryl methyl sites for hydroxylation is 1. The van der Waals surface area contributed by atoms with E-state index in [0.29, 0.717) is 6.04 Å². The summed E-state index contributed by atoms with van der Waals surface area (Å²) in [5.74, 6) is 0. The summed E-state index contributed by atoms with van der Waals surface area (Å²) in [7, 11) is 0. The fraction of sp³-hybridized carbons (Fsp3) is 0.643. The first-order valence-electron chi connectivity index (χ1n) is 6.65. The molecule has 1 unspecified atom stereocenters. The van der Waals surface area contributed by atoms with Gasteiger partial charge < -0.3 is 5.32 Å². The first-order chi connectivity index (χ1) is 8.29. The van der Waals surface area contributed by atoms with E-state index < -0.39 is 0 Å². The largest absolute Gasteiger partial charge is 0.313 e. The average Bonchev–Trinajstić information content (AvgIpc) is 2.77. The molecule has 0 radical (unpaired) electrons. The number of hydrogen-bond acceptors (Lipinski definition) is 3. The normalized spacial score (nSPS) is 20.9. The molecule has 1 atom stereocenters. The molecule has 0 bridgehead atoms. The van der Waals surface area contributed by atoms with E-state index in [0.717, 1.165) is 13.1 Å². The van der Waals surface area contributed by atoms with E-state index in [1.165, 1.54) is 37.1 Å². The Labute approximate surface area is 104 Å². The summed E-state index contributed by atoms with van der Waals surface area (Å²) < 4.78 is 0. The predicted molar refractivity (Wildman–Crippen MR) is 70.9 cm³/mol. The molecule has 0 saturated carbocycles. The molecular formula is C14H23N3. The molecule has 94 valence electrons. The van der Waals surface area contributed by atoms with Gasteiger partial charge in [0.25, 0.3) is 0 Å². The van der Waals surface area contributed by atoms with Crippen molar-refractivity contribution in [2.75, 3.05) is 19.6 Å². The van der Waals surface area contributed by atoms with Gasteiger partial charge in [0.2, 0.25) is 0 Å². The number of nitrogens with one attached hydrogen (secondary N) is 1. The maximum absolute atomic E-state index is 4.21. The van der Waals surface area contributed by atoms with Gasteiger partial charge in [-0.15, -0.1) is 0 Å². The van der Waals surface area contributed by atoms with Crippen molar-refractivity contribution in [3.63, 3.8) is 0 Å².